The number of halogens is 1. The first-order valence-corrected chi connectivity index (χ1v) is 9.89. The molecule has 30 heavy (non-hydrogen) atoms. The van der Waals surface area contributed by atoms with Gasteiger partial charge >= 0.3 is 0 Å². The molecule has 2 amide bonds. The summed E-state index contributed by atoms with van der Waals surface area (Å²) in [5, 5.41) is 17.1. The van der Waals surface area contributed by atoms with Gasteiger partial charge in [-0.05, 0) is 50.1 Å². The second-order valence-electron chi connectivity index (χ2n) is 7.25. The number of piperidine rings is 1. The number of hydrogen-bond donors (Lipinski definition) is 2. The van der Waals surface area contributed by atoms with Gasteiger partial charge in [0.1, 0.15) is 11.5 Å². The summed E-state index contributed by atoms with van der Waals surface area (Å²) in [6.45, 7) is 2.89. The second kappa shape index (κ2) is 9.64. The lowest BCUT2D eigenvalue weighted by Gasteiger charge is -2.31. The Bertz CT molecular complexity index is 951. The highest BCUT2D eigenvalue weighted by molar-refractivity contribution is 6.30. The van der Waals surface area contributed by atoms with E-state index in [1.807, 2.05) is 4.90 Å². The normalized spacial score (nSPS) is 16.7. The molecule has 1 aliphatic rings. The van der Waals surface area contributed by atoms with Crippen LogP contribution in [0, 0.1) is 23.0 Å². The van der Waals surface area contributed by atoms with E-state index in [4.69, 9.17) is 11.6 Å². The van der Waals surface area contributed by atoms with Crippen LogP contribution < -0.4 is 10.6 Å². The van der Waals surface area contributed by atoms with E-state index in [0.717, 1.165) is 12.0 Å². The van der Waals surface area contributed by atoms with Crippen molar-refractivity contribution in [1.82, 2.24) is 9.88 Å². The lowest BCUT2D eigenvalue weighted by atomic mass is 9.97. The van der Waals surface area contributed by atoms with Gasteiger partial charge in [-0.1, -0.05) is 17.7 Å². The molecule has 2 heterocycles. The number of aryl methyl sites for hydroxylation is 1. The van der Waals surface area contributed by atoms with Gasteiger partial charge in [-0.25, -0.2) is 4.98 Å². The van der Waals surface area contributed by atoms with Crippen molar-refractivity contribution in [3.05, 3.63) is 57.2 Å². The molecule has 1 saturated heterocycles. The molecular formula is C20H22ClN5O4. The Morgan fingerprint density at radius 2 is 2.10 bits per heavy atom. The van der Waals surface area contributed by atoms with Crippen LogP contribution in [-0.4, -0.2) is 46.3 Å². The van der Waals surface area contributed by atoms with Crippen molar-refractivity contribution in [3.63, 3.8) is 0 Å². The summed E-state index contributed by atoms with van der Waals surface area (Å²) < 4.78 is 0. The fraction of sp³-hybridized carbons (Fsp3) is 0.350. The summed E-state index contributed by atoms with van der Waals surface area (Å²) in [6.07, 6.45) is 2.93. The number of carbonyl (C=O) groups excluding carboxylic acids is 2. The third-order valence-corrected chi connectivity index (χ3v) is 5.07. The molecule has 3 rings (SSSR count). The van der Waals surface area contributed by atoms with Crippen LogP contribution in [0.1, 0.15) is 18.4 Å². The van der Waals surface area contributed by atoms with Gasteiger partial charge in [0.15, 0.2) is 0 Å². The summed E-state index contributed by atoms with van der Waals surface area (Å²) in [6, 6.07) is 7.92. The molecule has 0 bridgehead atoms. The molecule has 0 spiro atoms. The van der Waals surface area contributed by atoms with E-state index in [0.29, 0.717) is 30.4 Å². The molecule has 0 aliphatic carbocycles. The summed E-state index contributed by atoms with van der Waals surface area (Å²) >= 11 is 5.80. The number of anilines is 2. The minimum atomic E-state index is -0.519. The van der Waals surface area contributed by atoms with Crippen LogP contribution in [0.25, 0.3) is 0 Å². The molecule has 2 N–H and O–H groups in total. The zero-order valence-electron chi connectivity index (χ0n) is 16.4. The van der Waals surface area contributed by atoms with E-state index in [1.165, 1.54) is 18.3 Å². The number of carbonyl (C=O) groups is 2. The van der Waals surface area contributed by atoms with Crippen LogP contribution in [0.3, 0.4) is 0 Å². The number of nitro benzene ring substituents is 1. The standard InChI is InChI=1S/C20H22ClN5O4/c1-13-4-6-16(17(9-13)26(29)30)23-19(27)12-25-8-2-3-14(11-25)20(28)24-18-7-5-15(21)10-22-18/h4-7,9-10,14H,2-3,8,11-12H2,1H3,(H,23,27)(H,22,24,28). The summed E-state index contributed by atoms with van der Waals surface area (Å²) in [5.74, 6) is -0.379. The summed E-state index contributed by atoms with van der Waals surface area (Å²) in [4.78, 5) is 41.6. The van der Waals surface area contributed by atoms with Gasteiger partial charge in [0, 0.05) is 18.8 Å². The van der Waals surface area contributed by atoms with Crippen molar-refractivity contribution in [1.29, 1.82) is 0 Å². The SMILES string of the molecule is Cc1ccc(NC(=O)CN2CCCC(C(=O)Nc3ccc(Cl)cn3)C2)c([N+](=O)[O-])c1. The smallest absolute Gasteiger partial charge is 0.293 e. The topological polar surface area (TPSA) is 117 Å². The molecule has 1 aliphatic heterocycles. The Morgan fingerprint density at radius 1 is 1.30 bits per heavy atom. The number of benzene rings is 1. The highest BCUT2D eigenvalue weighted by Crippen LogP contribution is 2.25. The molecule has 1 aromatic carbocycles. The quantitative estimate of drug-likeness (QED) is 0.535. The molecule has 1 aromatic heterocycles. The molecule has 10 heteroatoms. The number of nitrogens with one attached hydrogen (secondary N) is 2. The lowest BCUT2D eigenvalue weighted by Crippen LogP contribution is -2.44. The van der Waals surface area contributed by atoms with Gasteiger partial charge in [-0.2, -0.15) is 0 Å². The van der Waals surface area contributed by atoms with Crippen molar-refractivity contribution < 1.29 is 14.5 Å². The molecule has 2 aromatic rings. The van der Waals surface area contributed by atoms with E-state index in [1.54, 1.807) is 25.1 Å². The lowest BCUT2D eigenvalue weighted by molar-refractivity contribution is -0.384. The van der Waals surface area contributed by atoms with E-state index < -0.39 is 4.92 Å². The zero-order chi connectivity index (χ0) is 21.7. The minimum absolute atomic E-state index is 0.0496. The molecule has 0 radical (unpaired) electrons. The third kappa shape index (κ3) is 5.74. The molecule has 0 saturated carbocycles. The van der Waals surface area contributed by atoms with Gasteiger partial charge in [-0.3, -0.25) is 24.6 Å². The first kappa shape index (κ1) is 21.7. The van der Waals surface area contributed by atoms with Gasteiger partial charge in [-0.15, -0.1) is 0 Å². The zero-order valence-corrected chi connectivity index (χ0v) is 17.2. The monoisotopic (exact) mass is 431 g/mol. The first-order valence-electron chi connectivity index (χ1n) is 9.51. The number of amides is 2. The van der Waals surface area contributed by atoms with Crippen LogP contribution in [0.2, 0.25) is 5.02 Å². The third-order valence-electron chi connectivity index (χ3n) is 4.85. The van der Waals surface area contributed by atoms with Crippen LogP contribution in [0.4, 0.5) is 17.2 Å². The first-order chi connectivity index (χ1) is 14.3. The predicted octanol–water partition coefficient (Wildman–Crippen LogP) is 3.24. The minimum Gasteiger partial charge on any atom is -0.319 e. The van der Waals surface area contributed by atoms with Gasteiger partial charge < -0.3 is 10.6 Å². The maximum Gasteiger partial charge on any atom is 0.293 e. The van der Waals surface area contributed by atoms with Crippen molar-refractivity contribution in [2.45, 2.75) is 19.8 Å². The fourth-order valence-electron chi connectivity index (χ4n) is 3.38. The average Bonchev–Trinajstić information content (AvgIpc) is 2.71. The number of nitrogens with zero attached hydrogens (tertiary/aromatic N) is 3. The highest BCUT2D eigenvalue weighted by atomic mass is 35.5. The van der Waals surface area contributed by atoms with E-state index in [-0.39, 0.29) is 35.7 Å². The van der Waals surface area contributed by atoms with Crippen LogP contribution in [0.5, 0.6) is 0 Å². The van der Waals surface area contributed by atoms with E-state index >= 15 is 0 Å². The number of pyridine rings is 1. The van der Waals surface area contributed by atoms with Gasteiger partial charge in [0.2, 0.25) is 11.8 Å². The number of nitro groups is 1. The number of aromatic nitrogens is 1. The maximum atomic E-state index is 12.5. The van der Waals surface area contributed by atoms with E-state index in [9.17, 15) is 19.7 Å². The molecular weight excluding hydrogens is 410 g/mol. The van der Waals surface area contributed by atoms with Crippen molar-refractivity contribution in [3.8, 4) is 0 Å². The molecule has 158 valence electrons. The van der Waals surface area contributed by atoms with Crippen molar-refractivity contribution >= 4 is 40.6 Å². The largest absolute Gasteiger partial charge is 0.319 e. The Kier molecular flexibility index (Phi) is 6.96. The van der Waals surface area contributed by atoms with Crippen molar-refractivity contribution in [2.24, 2.45) is 5.92 Å². The molecule has 1 unspecified atom stereocenters. The van der Waals surface area contributed by atoms with Crippen LogP contribution in [0.15, 0.2) is 36.5 Å². The Balaban J connectivity index is 1.57. The second-order valence-corrected chi connectivity index (χ2v) is 7.69. The Labute approximate surface area is 178 Å². The van der Waals surface area contributed by atoms with Gasteiger partial charge in [0.25, 0.3) is 5.69 Å². The molecule has 1 atom stereocenters. The average molecular weight is 432 g/mol. The fourth-order valence-corrected chi connectivity index (χ4v) is 3.49. The molecule has 9 nitrogen and oxygen atoms in total. The van der Waals surface area contributed by atoms with E-state index in [2.05, 4.69) is 15.6 Å². The Hall–Kier alpha value is -3.04. The number of hydrogen-bond acceptors (Lipinski definition) is 6. The summed E-state index contributed by atoms with van der Waals surface area (Å²) in [5.41, 5.74) is 0.755. The number of likely N-dealkylation sites (tertiary alicyclic amines) is 1. The number of rotatable bonds is 6. The maximum absolute atomic E-state index is 12.5. The summed E-state index contributed by atoms with van der Waals surface area (Å²) in [7, 11) is 0. The van der Waals surface area contributed by atoms with Crippen LogP contribution >= 0.6 is 11.6 Å². The Morgan fingerprint density at radius 3 is 2.80 bits per heavy atom. The molecule has 1 fully saturated rings. The van der Waals surface area contributed by atoms with Gasteiger partial charge in [0.05, 0.1) is 22.4 Å². The van der Waals surface area contributed by atoms with Crippen molar-refractivity contribution in [2.75, 3.05) is 30.3 Å². The highest BCUT2D eigenvalue weighted by Gasteiger charge is 2.27. The predicted molar refractivity (Wildman–Crippen MR) is 114 cm³/mol. The van der Waals surface area contributed by atoms with Crippen LogP contribution in [-0.2, 0) is 9.59 Å².